The second-order valence-corrected chi connectivity index (χ2v) is 4.40. The van der Waals surface area contributed by atoms with Gasteiger partial charge in [0, 0.05) is 29.6 Å². The Hall–Kier alpha value is -1.12. The highest BCUT2D eigenvalue weighted by Crippen LogP contribution is 2.42. The largest absolute Gasteiger partial charge is 0.303 e. The van der Waals surface area contributed by atoms with E-state index in [4.69, 9.17) is 0 Å². The van der Waals surface area contributed by atoms with E-state index in [1.54, 1.807) is 0 Å². The molecular formula is C12H18N2O. The highest BCUT2D eigenvalue weighted by molar-refractivity contribution is 5.55. The average Bonchev–Trinajstić information content (AvgIpc) is 3.00. The number of carbonyl (C=O) groups is 1. The lowest BCUT2D eigenvalue weighted by Gasteiger charge is -2.14. The van der Waals surface area contributed by atoms with Crippen molar-refractivity contribution in [2.75, 3.05) is 0 Å². The second-order valence-electron chi connectivity index (χ2n) is 4.40. The van der Waals surface area contributed by atoms with Gasteiger partial charge in [-0.05, 0) is 26.2 Å². The van der Waals surface area contributed by atoms with E-state index in [2.05, 4.69) is 23.6 Å². The van der Waals surface area contributed by atoms with E-state index in [9.17, 15) is 4.79 Å². The molecule has 0 spiro atoms. The van der Waals surface area contributed by atoms with Crippen LogP contribution in [0.15, 0.2) is 6.20 Å². The molecular weight excluding hydrogens is 188 g/mol. The first-order valence-corrected chi connectivity index (χ1v) is 5.77. The predicted octanol–water partition coefficient (Wildman–Crippen LogP) is 2.47. The van der Waals surface area contributed by atoms with Crippen LogP contribution in [0, 0.1) is 0 Å². The average molecular weight is 206 g/mol. The van der Waals surface area contributed by atoms with Gasteiger partial charge in [-0.2, -0.15) is 5.10 Å². The standard InChI is InChI=1S/C12H18N2O/c1-3-9(2)14-12(10-4-5-10)11(6-7-15)8-13-14/h7-10H,3-6H2,1-2H3. The molecule has 0 saturated heterocycles. The Morgan fingerprint density at radius 1 is 1.67 bits per heavy atom. The van der Waals surface area contributed by atoms with Gasteiger partial charge in [0.25, 0.3) is 0 Å². The molecule has 1 heterocycles. The fourth-order valence-electron chi connectivity index (χ4n) is 1.98. The Kier molecular flexibility index (Phi) is 2.89. The molecule has 1 aromatic heterocycles. The number of aldehydes is 1. The minimum atomic E-state index is 0.445. The minimum absolute atomic E-state index is 0.445. The van der Waals surface area contributed by atoms with Crippen LogP contribution in [0.4, 0.5) is 0 Å². The number of aromatic nitrogens is 2. The summed E-state index contributed by atoms with van der Waals surface area (Å²) in [7, 11) is 0. The van der Waals surface area contributed by atoms with Crippen molar-refractivity contribution in [2.45, 2.75) is 51.5 Å². The number of rotatable bonds is 5. The predicted molar refractivity (Wildman–Crippen MR) is 59.0 cm³/mol. The van der Waals surface area contributed by atoms with Crippen molar-refractivity contribution < 1.29 is 4.79 Å². The summed E-state index contributed by atoms with van der Waals surface area (Å²) in [6.07, 6.45) is 6.96. The Balaban J connectivity index is 2.32. The van der Waals surface area contributed by atoms with Crippen LogP contribution in [0.2, 0.25) is 0 Å². The summed E-state index contributed by atoms with van der Waals surface area (Å²) in [5.74, 6) is 0.663. The highest BCUT2D eigenvalue weighted by Gasteiger charge is 2.30. The van der Waals surface area contributed by atoms with Gasteiger partial charge in [0.05, 0.1) is 6.20 Å². The van der Waals surface area contributed by atoms with Crippen LogP contribution in [0.3, 0.4) is 0 Å². The molecule has 0 amide bonds. The van der Waals surface area contributed by atoms with Gasteiger partial charge in [0.1, 0.15) is 6.29 Å². The summed E-state index contributed by atoms with van der Waals surface area (Å²) < 4.78 is 2.12. The molecule has 1 unspecified atom stereocenters. The lowest BCUT2D eigenvalue weighted by Crippen LogP contribution is -2.10. The third-order valence-corrected chi connectivity index (χ3v) is 3.19. The summed E-state index contributed by atoms with van der Waals surface area (Å²) >= 11 is 0. The zero-order chi connectivity index (χ0) is 10.8. The quantitative estimate of drug-likeness (QED) is 0.694. The number of hydrogen-bond acceptors (Lipinski definition) is 2. The summed E-state index contributed by atoms with van der Waals surface area (Å²) in [6, 6.07) is 0.445. The SMILES string of the molecule is CCC(C)n1ncc(CC=O)c1C1CC1. The maximum atomic E-state index is 10.6. The second kappa shape index (κ2) is 4.17. The molecule has 0 N–H and O–H groups in total. The smallest absolute Gasteiger partial charge is 0.124 e. The molecule has 3 nitrogen and oxygen atoms in total. The van der Waals surface area contributed by atoms with Gasteiger partial charge < -0.3 is 4.79 Å². The summed E-state index contributed by atoms with van der Waals surface area (Å²) in [5, 5.41) is 4.42. The summed E-state index contributed by atoms with van der Waals surface area (Å²) in [5.41, 5.74) is 2.45. The van der Waals surface area contributed by atoms with Gasteiger partial charge in [-0.3, -0.25) is 4.68 Å². The molecule has 0 aliphatic heterocycles. The Morgan fingerprint density at radius 2 is 2.40 bits per heavy atom. The zero-order valence-corrected chi connectivity index (χ0v) is 9.44. The van der Waals surface area contributed by atoms with Crippen molar-refractivity contribution in [3.8, 4) is 0 Å². The van der Waals surface area contributed by atoms with E-state index in [-0.39, 0.29) is 0 Å². The van der Waals surface area contributed by atoms with E-state index in [0.717, 1.165) is 18.3 Å². The van der Waals surface area contributed by atoms with Crippen molar-refractivity contribution in [3.63, 3.8) is 0 Å². The van der Waals surface area contributed by atoms with Gasteiger partial charge in [-0.1, -0.05) is 6.92 Å². The molecule has 3 heteroatoms. The van der Waals surface area contributed by atoms with Gasteiger partial charge in [0.2, 0.25) is 0 Å². The minimum Gasteiger partial charge on any atom is -0.303 e. The number of hydrogen-bond donors (Lipinski definition) is 0. The van der Waals surface area contributed by atoms with Crippen LogP contribution in [-0.2, 0) is 11.2 Å². The van der Waals surface area contributed by atoms with Crippen molar-refractivity contribution in [1.82, 2.24) is 9.78 Å². The van der Waals surface area contributed by atoms with Crippen molar-refractivity contribution in [2.24, 2.45) is 0 Å². The van der Waals surface area contributed by atoms with Crippen LogP contribution >= 0.6 is 0 Å². The normalized spacial score (nSPS) is 17.7. The molecule has 1 atom stereocenters. The van der Waals surface area contributed by atoms with E-state index >= 15 is 0 Å². The first kappa shape index (κ1) is 10.4. The summed E-state index contributed by atoms with van der Waals surface area (Å²) in [6.45, 7) is 4.35. The molecule has 82 valence electrons. The third-order valence-electron chi connectivity index (χ3n) is 3.19. The van der Waals surface area contributed by atoms with E-state index in [1.807, 2.05) is 6.20 Å². The lowest BCUT2D eigenvalue weighted by atomic mass is 10.1. The highest BCUT2D eigenvalue weighted by atomic mass is 16.1. The Bertz CT molecular complexity index is 353. The Morgan fingerprint density at radius 3 is 2.93 bits per heavy atom. The molecule has 1 aromatic rings. The fraction of sp³-hybridized carbons (Fsp3) is 0.667. The molecule has 0 radical (unpaired) electrons. The first-order chi connectivity index (χ1) is 7.27. The fourth-order valence-corrected chi connectivity index (χ4v) is 1.98. The molecule has 0 bridgehead atoms. The van der Waals surface area contributed by atoms with Crippen LogP contribution in [0.25, 0.3) is 0 Å². The molecule has 1 fully saturated rings. The lowest BCUT2D eigenvalue weighted by molar-refractivity contribution is -0.107. The number of nitrogens with zero attached hydrogens (tertiary/aromatic N) is 2. The van der Waals surface area contributed by atoms with Crippen LogP contribution in [0.1, 0.15) is 56.3 Å². The Labute approximate surface area is 90.5 Å². The van der Waals surface area contributed by atoms with E-state index in [1.165, 1.54) is 18.5 Å². The first-order valence-electron chi connectivity index (χ1n) is 5.77. The topological polar surface area (TPSA) is 34.9 Å². The molecule has 1 aliphatic rings. The monoisotopic (exact) mass is 206 g/mol. The van der Waals surface area contributed by atoms with Gasteiger partial charge in [-0.15, -0.1) is 0 Å². The van der Waals surface area contributed by atoms with Crippen molar-refractivity contribution in [1.29, 1.82) is 0 Å². The molecule has 1 saturated carbocycles. The van der Waals surface area contributed by atoms with Crippen molar-refractivity contribution in [3.05, 3.63) is 17.5 Å². The van der Waals surface area contributed by atoms with Crippen molar-refractivity contribution >= 4 is 6.29 Å². The maximum Gasteiger partial charge on any atom is 0.124 e. The van der Waals surface area contributed by atoms with Gasteiger partial charge in [-0.25, -0.2) is 0 Å². The maximum absolute atomic E-state index is 10.6. The van der Waals surface area contributed by atoms with Crippen LogP contribution in [0.5, 0.6) is 0 Å². The molecule has 15 heavy (non-hydrogen) atoms. The van der Waals surface area contributed by atoms with Gasteiger partial charge >= 0.3 is 0 Å². The van der Waals surface area contributed by atoms with E-state index in [0.29, 0.717) is 18.4 Å². The molecule has 0 aromatic carbocycles. The van der Waals surface area contributed by atoms with Crippen LogP contribution in [-0.4, -0.2) is 16.1 Å². The van der Waals surface area contributed by atoms with Gasteiger partial charge in [0.15, 0.2) is 0 Å². The molecule has 2 rings (SSSR count). The summed E-state index contributed by atoms with van der Waals surface area (Å²) in [4.78, 5) is 10.6. The zero-order valence-electron chi connectivity index (χ0n) is 9.44. The van der Waals surface area contributed by atoms with Crippen LogP contribution < -0.4 is 0 Å². The van der Waals surface area contributed by atoms with E-state index < -0.39 is 0 Å². The molecule has 1 aliphatic carbocycles. The third kappa shape index (κ3) is 1.96. The number of carbonyl (C=O) groups excluding carboxylic acids is 1.